The standard InChI is InChI=1S/C12H11O2P.C7H11N2O2/c13-15(14,11-7-3-1-4-8-11)12-9-5-2-6-10-12;1-10-6-3-7(11-2)5-9(8)4-6/h1-10H,(H,13,14);3-5H,8H2,1-2H3/q;+1/p-1. The van der Waals surface area contributed by atoms with E-state index in [1.165, 1.54) is 4.68 Å². The van der Waals surface area contributed by atoms with Crippen LogP contribution in [0.2, 0.25) is 0 Å². The van der Waals surface area contributed by atoms with Crippen molar-refractivity contribution in [3.63, 3.8) is 0 Å². The maximum absolute atomic E-state index is 12.1. The minimum Gasteiger partial charge on any atom is -0.793 e. The van der Waals surface area contributed by atoms with Gasteiger partial charge < -0.3 is 18.9 Å². The van der Waals surface area contributed by atoms with Crippen LogP contribution in [-0.2, 0) is 4.57 Å². The average Bonchev–Trinajstić information content (AvgIpc) is 2.69. The lowest BCUT2D eigenvalue weighted by molar-refractivity contribution is -0.639. The summed E-state index contributed by atoms with van der Waals surface area (Å²) in [6, 6.07) is 18.7. The summed E-state index contributed by atoms with van der Waals surface area (Å²) in [5, 5.41) is 0.715. The van der Waals surface area contributed by atoms with Crippen molar-refractivity contribution in [1.82, 2.24) is 0 Å². The molecule has 0 radical (unpaired) electrons. The lowest BCUT2D eigenvalue weighted by atomic mass is 10.4. The summed E-state index contributed by atoms with van der Waals surface area (Å²) in [6.07, 6.45) is 3.31. The zero-order chi connectivity index (χ0) is 19.0. The number of benzene rings is 2. The molecule has 0 saturated carbocycles. The maximum Gasteiger partial charge on any atom is 0.241 e. The molecule has 3 aromatic rings. The first-order valence-corrected chi connectivity index (χ1v) is 9.41. The molecule has 7 heteroatoms. The topological polar surface area (TPSA) is 88.5 Å². The van der Waals surface area contributed by atoms with Crippen molar-refractivity contribution in [2.75, 3.05) is 20.1 Å². The van der Waals surface area contributed by atoms with E-state index >= 15 is 0 Å². The van der Waals surface area contributed by atoms with E-state index in [0.717, 1.165) is 0 Å². The van der Waals surface area contributed by atoms with Gasteiger partial charge in [0, 0.05) is 16.7 Å². The minimum atomic E-state index is -3.65. The van der Waals surface area contributed by atoms with Gasteiger partial charge in [0.25, 0.3) is 0 Å². The van der Waals surface area contributed by atoms with Gasteiger partial charge in [0.2, 0.25) is 12.4 Å². The van der Waals surface area contributed by atoms with Gasteiger partial charge >= 0.3 is 0 Å². The fraction of sp³-hybridized carbons (Fsp3) is 0.105. The molecule has 2 N–H and O–H groups in total. The fourth-order valence-corrected chi connectivity index (χ4v) is 3.59. The second-order valence-corrected chi connectivity index (χ2v) is 7.42. The number of ether oxygens (including phenoxy) is 2. The number of aromatic nitrogens is 1. The quantitative estimate of drug-likeness (QED) is 0.419. The first-order chi connectivity index (χ1) is 12.5. The van der Waals surface area contributed by atoms with Crippen LogP contribution in [0.3, 0.4) is 0 Å². The maximum atomic E-state index is 12.1. The predicted octanol–water partition coefficient (Wildman–Crippen LogP) is 0.981. The predicted molar refractivity (Wildman–Crippen MR) is 99.6 cm³/mol. The highest BCUT2D eigenvalue weighted by Gasteiger charge is 2.12. The van der Waals surface area contributed by atoms with E-state index in [1.54, 1.807) is 93.3 Å². The van der Waals surface area contributed by atoms with Crippen LogP contribution in [0.5, 0.6) is 11.5 Å². The number of nitrogens with two attached hydrogens (primary N) is 1. The molecule has 0 aliphatic rings. The van der Waals surface area contributed by atoms with Gasteiger partial charge in [0.1, 0.15) is 0 Å². The van der Waals surface area contributed by atoms with Crippen molar-refractivity contribution >= 4 is 18.0 Å². The first kappa shape index (κ1) is 19.5. The molecular weight excluding hydrogens is 351 g/mol. The van der Waals surface area contributed by atoms with Crippen LogP contribution in [0.4, 0.5) is 0 Å². The Morgan fingerprint density at radius 3 is 1.58 bits per heavy atom. The molecule has 0 aliphatic carbocycles. The minimum absolute atomic E-state index is 0.358. The third-order valence-corrected chi connectivity index (χ3v) is 5.46. The zero-order valence-corrected chi connectivity index (χ0v) is 15.5. The first-order valence-electron chi connectivity index (χ1n) is 7.79. The summed E-state index contributed by atoms with van der Waals surface area (Å²) < 4.78 is 23.4. The normalized spacial score (nSPS) is 10.4. The van der Waals surface area contributed by atoms with Crippen LogP contribution in [0, 0.1) is 0 Å². The van der Waals surface area contributed by atoms with Crippen LogP contribution >= 0.6 is 7.37 Å². The van der Waals surface area contributed by atoms with Crippen LogP contribution in [0.1, 0.15) is 0 Å². The molecule has 0 atom stereocenters. The van der Waals surface area contributed by atoms with Crippen molar-refractivity contribution in [2.24, 2.45) is 0 Å². The molecule has 1 heterocycles. The average molecular weight is 372 g/mol. The lowest BCUT2D eigenvalue weighted by Crippen LogP contribution is -2.43. The summed E-state index contributed by atoms with van der Waals surface area (Å²) in [6.45, 7) is 0. The Kier molecular flexibility index (Phi) is 6.78. The van der Waals surface area contributed by atoms with Gasteiger partial charge in [-0.25, -0.2) is 5.84 Å². The molecule has 0 spiro atoms. The fourth-order valence-electron chi connectivity index (χ4n) is 2.17. The van der Waals surface area contributed by atoms with Crippen molar-refractivity contribution in [3.8, 4) is 11.5 Å². The van der Waals surface area contributed by atoms with Crippen molar-refractivity contribution in [3.05, 3.63) is 79.1 Å². The van der Waals surface area contributed by atoms with Gasteiger partial charge in [0.05, 0.1) is 21.6 Å². The molecular formula is C19H21N2O4P. The number of nitrogens with zero attached hydrogens (tertiary/aromatic N) is 1. The van der Waals surface area contributed by atoms with Gasteiger partial charge in [-0.05, 0) is 0 Å². The largest absolute Gasteiger partial charge is 0.793 e. The molecule has 26 heavy (non-hydrogen) atoms. The van der Waals surface area contributed by atoms with Gasteiger partial charge in [-0.2, -0.15) is 0 Å². The van der Waals surface area contributed by atoms with Gasteiger partial charge in [-0.3, -0.25) is 0 Å². The van der Waals surface area contributed by atoms with E-state index in [2.05, 4.69) is 0 Å². The Balaban J connectivity index is 0.000000197. The molecule has 3 rings (SSSR count). The SMILES string of the molecule is COc1cc(OC)c[n+](N)c1.O=P([O-])(c1ccccc1)c1ccccc1. The molecule has 0 saturated heterocycles. The lowest BCUT2D eigenvalue weighted by Gasteiger charge is -2.23. The summed E-state index contributed by atoms with van der Waals surface area (Å²) in [5.74, 6) is 6.81. The highest BCUT2D eigenvalue weighted by Crippen LogP contribution is 2.32. The summed E-state index contributed by atoms with van der Waals surface area (Å²) in [4.78, 5) is 12.1. The summed E-state index contributed by atoms with van der Waals surface area (Å²) >= 11 is 0. The Labute approximate surface area is 152 Å². The molecule has 6 nitrogen and oxygen atoms in total. The molecule has 2 aromatic carbocycles. The molecule has 0 amide bonds. The number of hydrogen-bond acceptors (Lipinski definition) is 5. The smallest absolute Gasteiger partial charge is 0.241 e. The number of methoxy groups -OCH3 is 2. The van der Waals surface area contributed by atoms with E-state index in [1.807, 2.05) is 0 Å². The Morgan fingerprint density at radius 1 is 0.846 bits per heavy atom. The summed E-state index contributed by atoms with van der Waals surface area (Å²) in [7, 11) is -0.491. The van der Waals surface area contributed by atoms with E-state index in [4.69, 9.17) is 15.3 Å². The second-order valence-electron chi connectivity index (χ2n) is 5.29. The Morgan fingerprint density at radius 2 is 1.23 bits per heavy atom. The van der Waals surface area contributed by atoms with E-state index in [9.17, 15) is 9.46 Å². The second kappa shape index (κ2) is 9.04. The third-order valence-electron chi connectivity index (χ3n) is 3.50. The van der Waals surface area contributed by atoms with E-state index in [-0.39, 0.29) is 0 Å². The molecule has 136 valence electrons. The van der Waals surface area contributed by atoms with E-state index in [0.29, 0.717) is 22.1 Å². The van der Waals surface area contributed by atoms with Crippen molar-refractivity contribution in [2.45, 2.75) is 0 Å². The van der Waals surface area contributed by atoms with Crippen LogP contribution in [-0.4, -0.2) is 14.2 Å². The number of nitrogen functional groups attached to an aromatic ring is 1. The number of rotatable bonds is 4. The molecule has 0 fully saturated rings. The van der Waals surface area contributed by atoms with E-state index < -0.39 is 7.37 Å². The van der Waals surface area contributed by atoms with Crippen molar-refractivity contribution in [1.29, 1.82) is 0 Å². The highest BCUT2D eigenvalue weighted by molar-refractivity contribution is 7.72. The third kappa shape index (κ3) is 5.09. The summed E-state index contributed by atoms with van der Waals surface area (Å²) in [5.41, 5.74) is 0. The number of pyridine rings is 1. The van der Waals surface area contributed by atoms with Crippen LogP contribution in [0.15, 0.2) is 79.1 Å². The van der Waals surface area contributed by atoms with Gasteiger partial charge in [-0.1, -0.05) is 65.3 Å². The van der Waals surface area contributed by atoms with Gasteiger partial charge in [0.15, 0.2) is 11.5 Å². The van der Waals surface area contributed by atoms with Crippen molar-refractivity contribution < 1.29 is 23.6 Å². The van der Waals surface area contributed by atoms with Crippen LogP contribution in [0.25, 0.3) is 0 Å². The molecule has 0 unspecified atom stereocenters. The highest BCUT2D eigenvalue weighted by atomic mass is 31.2. The molecule has 0 aliphatic heterocycles. The Hall–Kier alpha value is -2.82. The molecule has 1 aromatic heterocycles. The van der Waals surface area contributed by atoms with Crippen LogP contribution < -0.4 is 35.5 Å². The van der Waals surface area contributed by atoms with Gasteiger partial charge in [-0.15, -0.1) is 0 Å². The zero-order valence-electron chi connectivity index (χ0n) is 14.6. The Bertz CT molecular complexity index is 807. The number of hydrogen-bond donors (Lipinski definition) is 1. The molecule has 0 bridgehead atoms. The monoisotopic (exact) mass is 372 g/mol.